The van der Waals surface area contributed by atoms with Gasteiger partial charge in [-0.3, -0.25) is 0 Å². The number of rotatable bonds is 1. The number of hydrogen-bond donors (Lipinski definition) is 1. The Balaban J connectivity index is 2.52. The lowest BCUT2D eigenvalue weighted by Crippen LogP contribution is -2.07. The van der Waals surface area contributed by atoms with Crippen LogP contribution in [0.4, 0.5) is 0 Å². The van der Waals surface area contributed by atoms with Gasteiger partial charge in [0.1, 0.15) is 0 Å². The van der Waals surface area contributed by atoms with Crippen molar-refractivity contribution in [2.24, 2.45) is 17.3 Å². The molecule has 0 spiro atoms. The van der Waals surface area contributed by atoms with Gasteiger partial charge in [0.15, 0.2) is 0 Å². The Morgan fingerprint density at radius 1 is 1.44 bits per heavy atom. The molecule has 54 valence electrons. The summed E-state index contributed by atoms with van der Waals surface area (Å²) in [6.07, 6.45) is -0.116. The summed E-state index contributed by atoms with van der Waals surface area (Å²) in [6, 6.07) is 0. The van der Waals surface area contributed by atoms with Gasteiger partial charge in [-0.1, -0.05) is 20.8 Å². The first-order valence-corrected chi connectivity index (χ1v) is 3.66. The molecule has 0 aromatic rings. The Bertz CT molecular complexity index is 116. The van der Waals surface area contributed by atoms with E-state index in [0.29, 0.717) is 17.3 Å². The molecule has 0 heterocycles. The molecule has 1 aliphatic carbocycles. The van der Waals surface area contributed by atoms with E-state index in [1.807, 2.05) is 6.92 Å². The first kappa shape index (κ1) is 7.07. The SMILES string of the molecule is CC(O)C1C(C)C1(C)C. The maximum absolute atomic E-state index is 9.20. The third-order valence-electron chi connectivity index (χ3n) is 2.98. The van der Waals surface area contributed by atoms with E-state index in [4.69, 9.17) is 0 Å². The highest BCUT2D eigenvalue weighted by molar-refractivity contribution is 5.04. The van der Waals surface area contributed by atoms with Crippen molar-refractivity contribution in [2.75, 3.05) is 0 Å². The Morgan fingerprint density at radius 3 is 1.78 bits per heavy atom. The highest BCUT2D eigenvalue weighted by Gasteiger charge is 2.56. The van der Waals surface area contributed by atoms with Gasteiger partial charge < -0.3 is 5.11 Å². The average molecular weight is 128 g/mol. The van der Waals surface area contributed by atoms with E-state index < -0.39 is 0 Å². The quantitative estimate of drug-likeness (QED) is 0.569. The zero-order chi connectivity index (χ0) is 7.23. The van der Waals surface area contributed by atoms with E-state index in [-0.39, 0.29) is 6.10 Å². The largest absolute Gasteiger partial charge is 0.393 e. The second-order valence-corrected chi connectivity index (χ2v) is 3.88. The third-order valence-corrected chi connectivity index (χ3v) is 2.98. The van der Waals surface area contributed by atoms with Crippen LogP contribution in [0.25, 0.3) is 0 Å². The van der Waals surface area contributed by atoms with Crippen LogP contribution < -0.4 is 0 Å². The van der Waals surface area contributed by atoms with E-state index >= 15 is 0 Å². The molecule has 3 atom stereocenters. The van der Waals surface area contributed by atoms with Crippen LogP contribution in [0.1, 0.15) is 27.7 Å². The van der Waals surface area contributed by atoms with E-state index in [0.717, 1.165) is 0 Å². The van der Waals surface area contributed by atoms with Crippen molar-refractivity contribution in [2.45, 2.75) is 33.8 Å². The maximum atomic E-state index is 9.20. The minimum atomic E-state index is -0.116. The molecule has 0 aromatic carbocycles. The molecule has 0 aromatic heterocycles. The van der Waals surface area contributed by atoms with Gasteiger partial charge in [0.05, 0.1) is 6.10 Å². The summed E-state index contributed by atoms with van der Waals surface area (Å²) >= 11 is 0. The summed E-state index contributed by atoms with van der Waals surface area (Å²) in [6.45, 7) is 8.53. The molecule has 1 rings (SSSR count). The van der Waals surface area contributed by atoms with Crippen LogP contribution in [0.5, 0.6) is 0 Å². The molecule has 9 heavy (non-hydrogen) atoms. The lowest BCUT2D eigenvalue weighted by Gasteiger charge is -2.03. The fraction of sp³-hybridized carbons (Fsp3) is 1.00. The van der Waals surface area contributed by atoms with Gasteiger partial charge in [-0.15, -0.1) is 0 Å². The standard InChI is InChI=1S/C8H16O/c1-5-7(6(2)9)8(5,3)4/h5-7,9H,1-4H3. The smallest absolute Gasteiger partial charge is 0.0548 e. The molecule has 1 heteroatoms. The van der Waals surface area contributed by atoms with Gasteiger partial charge in [0.25, 0.3) is 0 Å². The van der Waals surface area contributed by atoms with E-state index in [1.165, 1.54) is 0 Å². The number of hydrogen-bond acceptors (Lipinski definition) is 1. The molecule has 1 nitrogen and oxygen atoms in total. The van der Waals surface area contributed by atoms with Crippen LogP contribution >= 0.6 is 0 Å². The molecule has 1 fully saturated rings. The Labute approximate surface area is 57.1 Å². The lowest BCUT2D eigenvalue weighted by molar-refractivity contribution is 0.153. The molecule has 1 saturated carbocycles. The van der Waals surface area contributed by atoms with Gasteiger partial charge in [-0.25, -0.2) is 0 Å². The normalized spacial score (nSPS) is 42.3. The van der Waals surface area contributed by atoms with Crippen LogP contribution in [0.15, 0.2) is 0 Å². The molecular weight excluding hydrogens is 112 g/mol. The van der Waals surface area contributed by atoms with E-state index in [9.17, 15) is 5.11 Å². The minimum Gasteiger partial charge on any atom is -0.393 e. The summed E-state index contributed by atoms with van der Waals surface area (Å²) in [5.74, 6) is 1.25. The van der Waals surface area contributed by atoms with Gasteiger partial charge in [0.2, 0.25) is 0 Å². The number of aliphatic hydroxyl groups is 1. The maximum Gasteiger partial charge on any atom is 0.0548 e. The molecule has 3 unspecified atom stereocenters. The molecule has 0 amide bonds. The predicted molar refractivity (Wildman–Crippen MR) is 38.1 cm³/mol. The summed E-state index contributed by atoms with van der Waals surface area (Å²) in [5, 5.41) is 9.20. The van der Waals surface area contributed by atoms with E-state index in [2.05, 4.69) is 20.8 Å². The first-order valence-electron chi connectivity index (χ1n) is 3.66. The van der Waals surface area contributed by atoms with Crippen molar-refractivity contribution in [3.63, 3.8) is 0 Å². The van der Waals surface area contributed by atoms with Crippen molar-refractivity contribution >= 4 is 0 Å². The topological polar surface area (TPSA) is 20.2 Å². The van der Waals surface area contributed by atoms with Crippen LogP contribution in [0, 0.1) is 17.3 Å². The fourth-order valence-corrected chi connectivity index (χ4v) is 1.98. The zero-order valence-electron chi connectivity index (χ0n) is 6.68. The molecular formula is C8H16O. The summed E-state index contributed by atoms with van der Waals surface area (Å²) in [5.41, 5.74) is 0.397. The molecule has 1 N–H and O–H groups in total. The number of aliphatic hydroxyl groups excluding tert-OH is 1. The monoisotopic (exact) mass is 128 g/mol. The van der Waals surface area contributed by atoms with Crippen LogP contribution in [-0.2, 0) is 0 Å². The van der Waals surface area contributed by atoms with Gasteiger partial charge >= 0.3 is 0 Å². The lowest BCUT2D eigenvalue weighted by atomic mass is 10.1. The van der Waals surface area contributed by atoms with Gasteiger partial charge in [-0.2, -0.15) is 0 Å². The third kappa shape index (κ3) is 0.877. The Morgan fingerprint density at radius 2 is 1.78 bits per heavy atom. The van der Waals surface area contributed by atoms with Gasteiger partial charge in [-0.05, 0) is 24.2 Å². The first-order chi connectivity index (χ1) is 3.98. The highest BCUT2D eigenvalue weighted by atomic mass is 16.3. The van der Waals surface area contributed by atoms with Crippen molar-refractivity contribution in [1.29, 1.82) is 0 Å². The van der Waals surface area contributed by atoms with Crippen LogP contribution in [0.3, 0.4) is 0 Å². The molecule has 0 bridgehead atoms. The molecule has 1 aliphatic rings. The van der Waals surface area contributed by atoms with Crippen LogP contribution in [-0.4, -0.2) is 11.2 Å². The summed E-state index contributed by atoms with van der Waals surface area (Å²) in [4.78, 5) is 0. The van der Waals surface area contributed by atoms with Gasteiger partial charge in [0, 0.05) is 0 Å². The second-order valence-electron chi connectivity index (χ2n) is 3.88. The summed E-state index contributed by atoms with van der Waals surface area (Å²) in [7, 11) is 0. The highest BCUT2D eigenvalue weighted by Crippen LogP contribution is 2.59. The van der Waals surface area contributed by atoms with E-state index in [1.54, 1.807) is 0 Å². The van der Waals surface area contributed by atoms with Crippen molar-refractivity contribution in [1.82, 2.24) is 0 Å². The minimum absolute atomic E-state index is 0.116. The second kappa shape index (κ2) is 1.72. The summed E-state index contributed by atoms with van der Waals surface area (Å²) < 4.78 is 0. The fourth-order valence-electron chi connectivity index (χ4n) is 1.98. The van der Waals surface area contributed by atoms with Crippen molar-refractivity contribution in [3.8, 4) is 0 Å². The van der Waals surface area contributed by atoms with Crippen molar-refractivity contribution < 1.29 is 5.11 Å². The van der Waals surface area contributed by atoms with Crippen LogP contribution in [0.2, 0.25) is 0 Å². The Kier molecular flexibility index (Phi) is 1.35. The molecule has 0 aliphatic heterocycles. The zero-order valence-corrected chi connectivity index (χ0v) is 6.68. The average Bonchev–Trinajstić information content (AvgIpc) is 2.07. The van der Waals surface area contributed by atoms with Crippen molar-refractivity contribution in [3.05, 3.63) is 0 Å². The predicted octanol–water partition coefficient (Wildman–Crippen LogP) is 1.66. The Hall–Kier alpha value is -0.0400. The molecule has 0 radical (unpaired) electrons. The molecule has 0 saturated heterocycles.